The van der Waals surface area contributed by atoms with E-state index in [1.807, 2.05) is 61.5 Å². The molecule has 0 spiro atoms. The molecule has 0 bridgehead atoms. The van der Waals surface area contributed by atoms with Crippen molar-refractivity contribution in [1.82, 2.24) is 19.5 Å². The van der Waals surface area contributed by atoms with Gasteiger partial charge >= 0.3 is 6.03 Å². The molecule has 0 unspecified atom stereocenters. The number of nitrogens with two attached hydrogens (primary N) is 1. The van der Waals surface area contributed by atoms with E-state index in [1.165, 1.54) is 17.1 Å². The second-order valence-electron chi connectivity index (χ2n) is 7.36. The highest BCUT2D eigenvalue weighted by atomic mass is 16.5. The molecule has 0 fully saturated rings. The fourth-order valence-electron chi connectivity index (χ4n) is 3.24. The van der Waals surface area contributed by atoms with Gasteiger partial charge in [0.1, 0.15) is 23.6 Å². The number of ether oxygens (including phenoxy) is 1. The number of hydrazine groups is 1. The molecule has 2 heterocycles. The van der Waals surface area contributed by atoms with Crippen LogP contribution in [0.3, 0.4) is 0 Å². The number of hydrogen-bond acceptors (Lipinski definition) is 7. The smallest absolute Gasteiger partial charge is 0.351 e. The van der Waals surface area contributed by atoms with Crippen molar-refractivity contribution < 1.29 is 14.3 Å². The summed E-state index contributed by atoms with van der Waals surface area (Å²) in [6, 6.07) is 18.0. The minimum atomic E-state index is -0.668. The molecule has 0 saturated heterocycles. The highest BCUT2D eigenvalue weighted by Gasteiger charge is 2.21. The van der Waals surface area contributed by atoms with Crippen LogP contribution in [0.4, 0.5) is 16.3 Å². The number of anilines is 2. The van der Waals surface area contributed by atoms with E-state index < -0.39 is 11.9 Å². The van der Waals surface area contributed by atoms with Crippen LogP contribution < -0.4 is 15.9 Å². The van der Waals surface area contributed by atoms with Crippen molar-refractivity contribution in [3.05, 3.63) is 73.2 Å². The van der Waals surface area contributed by atoms with Crippen LogP contribution in [0.5, 0.6) is 11.5 Å². The molecule has 0 radical (unpaired) electrons. The van der Waals surface area contributed by atoms with Crippen molar-refractivity contribution in [3.63, 3.8) is 0 Å². The molecule has 0 aliphatic rings. The highest BCUT2D eigenvalue weighted by molar-refractivity contribution is 6.00. The number of imide groups is 1. The van der Waals surface area contributed by atoms with E-state index in [0.717, 1.165) is 17.9 Å². The second-order valence-corrected chi connectivity index (χ2v) is 7.36. The van der Waals surface area contributed by atoms with E-state index in [4.69, 9.17) is 10.6 Å². The third-order valence-corrected chi connectivity index (χ3v) is 5.00. The van der Waals surface area contributed by atoms with Gasteiger partial charge in [-0.15, -0.1) is 0 Å². The molecule has 0 atom stereocenters. The number of para-hydroxylation sites is 1. The number of hydrogen-bond donors (Lipinski definition) is 2. The van der Waals surface area contributed by atoms with E-state index in [-0.39, 0.29) is 6.42 Å². The Kier molecular flexibility index (Phi) is 6.61. The zero-order chi connectivity index (χ0) is 23.2. The zero-order valence-corrected chi connectivity index (χ0v) is 18.1. The fraction of sp³-hybridized carbons (Fsp3) is 0.167. The second kappa shape index (κ2) is 9.92. The first-order chi connectivity index (χ1) is 16.1. The molecule has 2 amide bonds. The summed E-state index contributed by atoms with van der Waals surface area (Å²) in [7, 11) is 0. The monoisotopic (exact) mass is 444 g/mol. The molecule has 0 aliphatic carbocycles. The maximum absolute atomic E-state index is 12.7. The van der Waals surface area contributed by atoms with Crippen LogP contribution in [-0.2, 0) is 4.79 Å². The molecule has 3 N–H and O–H groups in total. The molecule has 2 aromatic carbocycles. The van der Waals surface area contributed by atoms with E-state index in [9.17, 15) is 9.59 Å². The lowest BCUT2D eigenvalue weighted by atomic mass is 10.2. The molecule has 4 aromatic rings. The van der Waals surface area contributed by atoms with Gasteiger partial charge in [0.2, 0.25) is 5.91 Å². The average molecular weight is 444 g/mol. The van der Waals surface area contributed by atoms with Crippen LogP contribution in [0, 0.1) is 0 Å². The zero-order valence-electron chi connectivity index (χ0n) is 18.1. The molecule has 2 aromatic heterocycles. The third kappa shape index (κ3) is 4.99. The molecule has 168 valence electrons. The number of benzene rings is 2. The van der Waals surface area contributed by atoms with Crippen LogP contribution in [0.25, 0.3) is 11.0 Å². The van der Waals surface area contributed by atoms with Crippen molar-refractivity contribution in [2.24, 2.45) is 5.84 Å². The Morgan fingerprint density at radius 2 is 1.76 bits per heavy atom. The standard InChI is InChI=1S/C24H24N6O3/c1-2-3-9-21(31)30(25)24(32)29-15-14-20-22(26-16-27-23(20)29)28-17-10-12-19(13-11-17)33-18-7-5-4-6-8-18/h4-8,10-16H,2-3,9,25H2,1H3,(H,26,27,28). The minimum absolute atomic E-state index is 0.212. The SMILES string of the molecule is CCCCC(=O)N(N)C(=O)n1ccc2c(Nc3ccc(Oc4ccccc4)cc3)ncnc21. The first-order valence-electron chi connectivity index (χ1n) is 10.6. The highest BCUT2D eigenvalue weighted by Crippen LogP contribution is 2.27. The number of nitrogens with one attached hydrogen (secondary N) is 1. The number of rotatable bonds is 7. The lowest BCUT2D eigenvalue weighted by molar-refractivity contribution is -0.128. The van der Waals surface area contributed by atoms with Crippen LogP contribution in [0.15, 0.2) is 73.2 Å². The summed E-state index contributed by atoms with van der Waals surface area (Å²) >= 11 is 0. The van der Waals surface area contributed by atoms with E-state index in [2.05, 4.69) is 15.3 Å². The Hall–Kier alpha value is -4.24. The quantitative estimate of drug-likeness (QED) is 0.238. The molecule has 0 aliphatic heterocycles. The fourth-order valence-corrected chi connectivity index (χ4v) is 3.24. The first-order valence-corrected chi connectivity index (χ1v) is 10.6. The van der Waals surface area contributed by atoms with E-state index in [0.29, 0.717) is 34.0 Å². The van der Waals surface area contributed by atoms with Crippen LogP contribution in [-0.4, -0.2) is 31.5 Å². The lowest BCUT2D eigenvalue weighted by Gasteiger charge is -2.15. The summed E-state index contributed by atoms with van der Waals surface area (Å²) in [4.78, 5) is 33.4. The topological polar surface area (TPSA) is 115 Å². The van der Waals surface area contributed by atoms with Gasteiger partial charge < -0.3 is 10.1 Å². The molecule has 4 rings (SSSR count). The maximum atomic E-state index is 12.7. The molecular formula is C24H24N6O3. The largest absolute Gasteiger partial charge is 0.457 e. The van der Waals surface area contributed by atoms with Crippen LogP contribution >= 0.6 is 0 Å². The minimum Gasteiger partial charge on any atom is -0.457 e. The van der Waals surface area contributed by atoms with Gasteiger partial charge in [-0.3, -0.25) is 9.36 Å². The Bertz CT molecular complexity index is 1250. The predicted octanol–water partition coefficient (Wildman–Crippen LogP) is 4.83. The number of aromatic nitrogens is 3. The Morgan fingerprint density at radius 1 is 1.03 bits per heavy atom. The summed E-state index contributed by atoms with van der Waals surface area (Å²) in [5.74, 6) is 7.29. The summed E-state index contributed by atoms with van der Waals surface area (Å²) < 4.78 is 7.05. The summed E-state index contributed by atoms with van der Waals surface area (Å²) in [5, 5.41) is 4.48. The number of carbonyl (C=O) groups is 2. The maximum Gasteiger partial charge on any atom is 0.351 e. The van der Waals surface area contributed by atoms with Crippen molar-refractivity contribution in [2.75, 3.05) is 5.32 Å². The normalized spacial score (nSPS) is 10.7. The van der Waals surface area contributed by atoms with Gasteiger partial charge in [0.25, 0.3) is 0 Å². The molecule has 0 saturated carbocycles. The first kappa shape index (κ1) is 22.0. The van der Waals surface area contributed by atoms with Crippen molar-refractivity contribution in [3.8, 4) is 11.5 Å². The van der Waals surface area contributed by atoms with Gasteiger partial charge in [0.15, 0.2) is 5.65 Å². The summed E-state index contributed by atoms with van der Waals surface area (Å²) in [6.07, 6.45) is 4.58. The van der Waals surface area contributed by atoms with Crippen molar-refractivity contribution in [1.29, 1.82) is 0 Å². The number of carbonyl (C=O) groups excluding carboxylic acids is 2. The van der Waals surface area contributed by atoms with Crippen molar-refractivity contribution >= 4 is 34.5 Å². The number of amides is 2. The Balaban J connectivity index is 1.51. The van der Waals surface area contributed by atoms with Gasteiger partial charge in [-0.05, 0) is 48.9 Å². The molecule has 9 heteroatoms. The van der Waals surface area contributed by atoms with E-state index in [1.54, 1.807) is 6.07 Å². The third-order valence-electron chi connectivity index (χ3n) is 5.00. The Labute approximate surface area is 190 Å². The predicted molar refractivity (Wildman–Crippen MR) is 125 cm³/mol. The number of nitrogens with zero attached hydrogens (tertiary/aromatic N) is 4. The molecule has 9 nitrogen and oxygen atoms in total. The van der Waals surface area contributed by atoms with Gasteiger partial charge in [-0.25, -0.2) is 20.6 Å². The van der Waals surface area contributed by atoms with Gasteiger partial charge in [-0.2, -0.15) is 5.01 Å². The molecule has 33 heavy (non-hydrogen) atoms. The van der Waals surface area contributed by atoms with Gasteiger partial charge in [0, 0.05) is 18.3 Å². The van der Waals surface area contributed by atoms with Crippen LogP contribution in [0.2, 0.25) is 0 Å². The van der Waals surface area contributed by atoms with Crippen molar-refractivity contribution in [2.45, 2.75) is 26.2 Å². The Morgan fingerprint density at radius 3 is 2.48 bits per heavy atom. The van der Waals surface area contributed by atoms with Gasteiger partial charge in [-0.1, -0.05) is 31.5 Å². The summed E-state index contributed by atoms with van der Waals surface area (Å²) in [6.45, 7) is 1.96. The number of fused-ring (bicyclic) bond motifs is 1. The number of unbranched alkanes of at least 4 members (excludes halogenated alkanes) is 1. The average Bonchev–Trinajstić information content (AvgIpc) is 3.28. The lowest BCUT2D eigenvalue weighted by Crippen LogP contribution is -2.44. The van der Waals surface area contributed by atoms with E-state index >= 15 is 0 Å². The summed E-state index contributed by atoms with van der Waals surface area (Å²) in [5.41, 5.74) is 1.13. The van der Waals surface area contributed by atoms with Crippen LogP contribution in [0.1, 0.15) is 26.2 Å². The van der Waals surface area contributed by atoms with Gasteiger partial charge in [0.05, 0.1) is 5.39 Å². The molecular weight excluding hydrogens is 420 g/mol.